The van der Waals surface area contributed by atoms with Crippen LogP contribution >= 0.6 is 0 Å². The first-order chi connectivity index (χ1) is 14.7. The zero-order valence-corrected chi connectivity index (χ0v) is 16.7. The molecule has 0 spiro atoms. The predicted octanol–water partition coefficient (Wildman–Crippen LogP) is 4.19. The molecule has 2 heterocycles. The molecule has 0 aliphatic heterocycles. The average Bonchev–Trinajstić information content (AvgIpc) is 3.16. The second kappa shape index (κ2) is 8.18. The van der Waals surface area contributed by atoms with Gasteiger partial charge in [-0.05, 0) is 43.9 Å². The Morgan fingerprint density at radius 2 is 1.97 bits per heavy atom. The minimum atomic E-state index is -4.64. The van der Waals surface area contributed by atoms with Crippen LogP contribution in [0.2, 0.25) is 0 Å². The van der Waals surface area contributed by atoms with Gasteiger partial charge in [-0.1, -0.05) is 6.07 Å². The monoisotopic (exact) mass is 434 g/mol. The highest BCUT2D eigenvalue weighted by molar-refractivity contribution is 6.05. The lowest BCUT2D eigenvalue weighted by Crippen LogP contribution is -2.21. The Hall–Kier alpha value is -3.14. The van der Waals surface area contributed by atoms with Crippen molar-refractivity contribution in [1.82, 2.24) is 14.8 Å². The molecular weight excluding hydrogens is 413 g/mol. The van der Waals surface area contributed by atoms with Gasteiger partial charge < -0.3 is 15.2 Å². The van der Waals surface area contributed by atoms with E-state index in [4.69, 9.17) is 4.74 Å². The maximum Gasteiger partial charge on any atom is 0.433 e. The van der Waals surface area contributed by atoms with Crippen LogP contribution in [0.25, 0.3) is 10.9 Å². The molecule has 0 unspecified atom stereocenters. The van der Waals surface area contributed by atoms with Gasteiger partial charge >= 0.3 is 6.18 Å². The number of fused-ring (bicyclic) bond motifs is 1. The summed E-state index contributed by atoms with van der Waals surface area (Å²) in [6, 6.07) is 6.66. The molecular formula is C21H21F3N4O3. The number of pyridine rings is 1. The fourth-order valence-corrected chi connectivity index (χ4v) is 3.75. The Morgan fingerprint density at radius 3 is 2.65 bits per heavy atom. The lowest BCUT2D eigenvalue weighted by Gasteiger charge is -2.25. The molecule has 31 heavy (non-hydrogen) atoms. The highest BCUT2D eigenvalue weighted by atomic mass is 19.4. The summed E-state index contributed by atoms with van der Waals surface area (Å²) in [5.74, 6) is -0.449. The van der Waals surface area contributed by atoms with E-state index in [1.54, 1.807) is 12.1 Å². The van der Waals surface area contributed by atoms with Gasteiger partial charge in [-0.25, -0.2) is 4.98 Å². The molecule has 7 nitrogen and oxygen atoms in total. The summed E-state index contributed by atoms with van der Waals surface area (Å²) in [6.07, 6.45) is 0.0121. The van der Waals surface area contributed by atoms with Crippen LogP contribution in [0.15, 0.2) is 36.5 Å². The van der Waals surface area contributed by atoms with Gasteiger partial charge in [-0.15, -0.1) is 0 Å². The number of hydrogen-bond acceptors (Lipinski definition) is 5. The second-order valence-corrected chi connectivity index (χ2v) is 7.54. The molecule has 4 rings (SSSR count). The van der Waals surface area contributed by atoms with Crippen molar-refractivity contribution in [2.24, 2.45) is 0 Å². The predicted molar refractivity (Wildman–Crippen MR) is 107 cm³/mol. The highest BCUT2D eigenvalue weighted by Crippen LogP contribution is 2.34. The number of aromatic nitrogens is 3. The van der Waals surface area contributed by atoms with Gasteiger partial charge in [0, 0.05) is 17.6 Å². The number of carbonyl (C=O) groups is 1. The molecule has 0 radical (unpaired) electrons. The van der Waals surface area contributed by atoms with Crippen LogP contribution in [0.4, 0.5) is 18.9 Å². The van der Waals surface area contributed by atoms with Gasteiger partial charge in [0.1, 0.15) is 17.1 Å². The van der Waals surface area contributed by atoms with E-state index in [2.05, 4.69) is 15.4 Å². The molecule has 0 atom stereocenters. The minimum Gasteiger partial charge on any atom is -0.494 e. The number of rotatable bonds is 4. The number of benzene rings is 1. The van der Waals surface area contributed by atoms with E-state index in [-0.39, 0.29) is 17.8 Å². The molecule has 1 fully saturated rings. The van der Waals surface area contributed by atoms with Gasteiger partial charge in [0.05, 0.1) is 30.5 Å². The Morgan fingerprint density at radius 1 is 1.23 bits per heavy atom. The molecule has 10 heteroatoms. The third-order valence-corrected chi connectivity index (χ3v) is 5.40. The maximum atomic E-state index is 12.9. The van der Waals surface area contributed by atoms with Crippen molar-refractivity contribution in [3.8, 4) is 5.75 Å². The quantitative estimate of drug-likeness (QED) is 0.643. The lowest BCUT2D eigenvalue weighted by molar-refractivity contribution is -0.141. The molecule has 0 saturated heterocycles. The summed E-state index contributed by atoms with van der Waals surface area (Å²) in [5.41, 5.74) is -0.522. The first kappa shape index (κ1) is 21.1. The van der Waals surface area contributed by atoms with Gasteiger partial charge in [0.25, 0.3) is 5.91 Å². The molecule has 1 amide bonds. The fourth-order valence-electron chi connectivity index (χ4n) is 3.75. The number of ether oxygens (including phenoxy) is 1. The van der Waals surface area contributed by atoms with Crippen molar-refractivity contribution in [3.63, 3.8) is 0 Å². The van der Waals surface area contributed by atoms with Gasteiger partial charge in [0.2, 0.25) is 0 Å². The van der Waals surface area contributed by atoms with E-state index in [1.165, 1.54) is 13.2 Å². The number of alkyl halides is 3. The number of aliphatic hydroxyl groups excluding tert-OH is 1. The van der Waals surface area contributed by atoms with E-state index < -0.39 is 17.8 Å². The average molecular weight is 434 g/mol. The number of aliphatic hydroxyl groups is 1. The third-order valence-electron chi connectivity index (χ3n) is 5.40. The van der Waals surface area contributed by atoms with Crippen molar-refractivity contribution in [3.05, 3.63) is 47.9 Å². The van der Waals surface area contributed by atoms with Crippen LogP contribution in [0.1, 0.15) is 47.9 Å². The van der Waals surface area contributed by atoms with Crippen molar-refractivity contribution in [1.29, 1.82) is 0 Å². The van der Waals surface area contributed by atoms with Crippen molar-refractivity contribution >= 4 is 22.5 Å². The number of carbonyl (C=O) groups excluding carboxylic acids is 1. The summed E-state index contributed by atoms with van der Waals surface area (Å²) in [6.45, 7) is 0. The minimum absolute atomic E-state index is 0.175. The van der Waals surface area contributed by atoms with E-state index in [0.717, 1.165) is 43.2 Å². The molecule has 164 valence electrons. The molecule has 3 aromatic rings. The Bertz CT molecular complexity index is 1100. The number of methoxy groups -OCH3 is 1. The number of nitrogens with zero attached hydrogens (tertiary/aromatic N) is 3. The second-order valence-electron chi connectivity index (χ2n) is 7.54. The SMILES string of the molecule is COc1cc2nn([C@H]3CC[C@H](O)CC3)cc2cc1NC(=O)c1cccc(C(F)(F)F)n1. The number of amides is 1. The van der Waals surface area contributed by atoms with Gasteiger partial charge in [-0.2, -0.15) is 18.3 Å². The van der Waals surface area contributed by atoms with Gasteiger partial charge in [0.15, 0.2) is 0 Å². The topological polar surface area (TPSA) is 89.3 Å². The zero-order chi connectivity index (χ0) is 22.2. The number of hydrogen-bond donors (Lipinski definition) is 2. The zero-order valence-electron chi connectivity index (χ0n) is 16.7. The highest BCUT2D eigenvalue weighted by Gasteiger charge is 2.33. The summed E-state index contributed by atoms with van der Waals surface area (Å²) in [4.78, 5) is 16.0. The van der Waals surface area contributed by atoms with Crippen LogP contribution in [0.3, 0.4) is 0 Å². The first-order valence-corrected chi connectivity index (χ1v) is 9.85. The van der Waals surface area contributed by atoms with Gasteiger partial charge in [-0.3, -0.25) is 9.48 Å². The Balaban J connectivity index is 1.60. The lowest BCUT2D eigenvalue weighted by atomic mass is 9.93. The summed E-state index contributed by atoms with van der Waals surface area (Å²) in [5, 5.41) is 17.6. The first-order valence-electron chi connectivity index (χ1n) is 9.85. The largest absolute Gasteiger partial charge is 0.494 e. The van der Waals surface area contributed by atoms with E-state index in [1.807, 2.05) is 10.9 Å². The Kier molecular flexibility index (Phi) is 5.57. The van der Waals surface area contributed by atoms with Crippen LogP contribution in [-0.2, 0) is 6.18 Å². The molecule has 1 aromatic carbocycles. The smallest absolute Gasteiger partial charge is 0.433 e. The summed E-state index contributed by atoms with van der Waals surface area (Å²) >= 11 is 0. The van der Waals surface area contributed by atoms with E-state index in [9.17, 15) is 23.1 Å². The van der Waals surface area contributed by atoms with E-state index >= 15 is 0 Å². The molecule has 1 saturated carbocycles. The normalized spacial score (nSPS) is 19.4. The Labute approximate surface area is 175 Å². The molecule has 1 aliphatic carbocycles. The molecule has 2 aromatic heterocycles. The number of anilines is 1. The van der Waals surface area contributed by atoms with Crippen molar-refractivity contribution in [2.75, 3.05) is 12.4 Å². The van der Waals surface area contributed by atoms with Crippen LogP contribution in [0, 0.1) is 0 Å². The van der Waals surface area contributed by atoms with Crippen molar-refractivity contribution < 1.29 is 27.8 Å². The summed E-state index contributed by atoms with van der Waals surface area (Å²) < 4.78 is 45.9. The van der Waals surface area contributed by atoms with E-state index in [0.29, 0.717) is 17.0 Å². The van der Waals surface area contributed by atoms with Crippen LogP contribution in [0.5, 0.6) is 5.75 Å². The van der Waals surface area contributed by atoms with Crippen LogP contribution in [-0.4, -0.2) is 39.0 Å². The molecule has 1 aliphatic rings. The molecule has 0 bridgehead atoms. The van der Waals surface area contributed by atoms with Crippen molar-refractivity contribution in [2.45, 2.75) is 44.0 Å². The van der Waals surface area contributed by atoms with Crippen LogP contribution < -0.4 is 10.1 Å². The summed E-state index contributed by atoms with van der Waals surface area (Å²) in [7, 11) is 1.43. The molecule has 2 N–H and O–H groups in total. The number of halogens is 3. The maximum absolute atomic E-state index is 12.9. The standard InChI is InChI=1S/C21H21F3N4O3/c1-31-18-10-16-12(11-28(27-16)13-5-7-14(29)8-6-13)9-17(18)26-20(30)15-3-2-4-19(25-15)21(22,23)24/h2-4,9-11,13-14,29H,5-8H2,1H3,(H,26,30)/t13-,14-. The fraction of sp³-hybridized carbons (Fsp3) is 0.381. The number of nitrogens with one attached hydrogen (secondary N) is 1. The third kappa shape index (κ3) is 4.48.